The quantitative estimate of drug-likeness (QED) is 0.660. The molecule has 2 N–H and O–H groups in total. The van der Waals surface area contributed by atoms with Crippen molar-refractivity contribution in [2.45, 2.75) is 19.5 Å². The predicted octanol–water partition coefficient (Wildman–Crippen LogP) is 2.77. The molecule has 0 spiro atoms. The second-order valence-corrected chi connectivity index (χ2v) is 6.04. The van der Waals surface area contributed by atoms with Gasteiger partial charge >= 0.3 is 0 Å². The minimum Gasteiger partial charge on any atom is -0.497 e. The molecule has 1 heterocycles. The van der Waals surface area contributed by atoms with E-state index >= 15 is 0 Å². The minimum absolute atomic E-state index is 0.0750. The lowest BCUT2D eigenvalue weighted by atomic mass is 10.0. The topological polar surface area (TPSA) is 71.0 Å². The minimum atomic E-state index is -0.527. The van der Waals surface area contributed by atoms with Gasteiger partial charge in [0.25, 0.3) is 5.91 Å². The van der Waals surface area contributed by atoms with Gasteiger partial charge < -0.3 is 9.47 Å². The molecule has 1 aliphatic heterocycles. The number of carbonyl (C=O) groups excluding carboxylic acids is 1. The lowest BCUT2D eigenvalue weighted by Gasteiger charge is -2.27. The van der Waals surface area contributed by atoms with Crippen molar-refractivity contribution in [1.82, 2.24) is 10.4 Å². The van der Waals surface area contributed by atoms with Gasteiger partial charge in [0.05, 0.1) is 7.11 Å². The number of ether oxygens (including phenoxy) is 2. The number of amides is 1. The van der Waals surface area contributed by atoms with Gasteiger partial charge in [0.2, 0.25) is 0 Å². The van der Waals surface area contributed by atoms with Crippen molar-refractivity contribution in [3.63, 3.8) is 0 Å². The fourth-order valence-corrected chi connectivity index (χ4v) is 3.06. The second-order valence-electron chi connectivity index (χ2n) is 6.04. The highest BCUT2D eigenvalue weighted by Crippen LogP contribution is 2.33. The molecule has 132 valence electrons. The average Bonchev–Trinajstić information content (AvgIpc) is 2.81. The normalized spacial score (nSPS) is 17.2. The van der Waals surface area contributed by atoms with E-state index in [4.69, 9.17) is 14.7 Å². The Hall–Kier alpha value is -2.57. The molecule has 0 aromatic heterocycles. The molecule has 1 amide bonds. The Labute approximate surface area is 146 Å². The molecule has 2 aromatic rings. The summed E-state index contributed by atoms with van der Waals surface area (Å²) in [5.74, 6) is 1.08. The first-order chi connectivity index (χ1) is 12.1. The van der Waals surface area contributed by atoms with Crippen LogP contribution in [0.25, 0.3) is 0 Å². The second kappa shape index (κ2) is 7.55. The van der Waals surface area contributed by atoms with E-state index < -0.39 is 5.91 Å². The number of methoxy groups -OCH3 is 1. The largest absolute Gasteiger partial charge is 0.497 e. The van der Waals surface area contributed by atoms with Gasteiger partial charge in [-0.25, -0.2) is 5.48 Å². The highest BCUT2D eigenvalue weighted by Gasteiger charge is 2.24. The first-order valence-corrected chi connectivity index (χ1v) is 8.20. The molecule has 0 saturated heterocycles. The number of rotatable bonds is 4. The van der Waals surface area contributed by atoms with Crippen LogP contribution in [0.1, 0.15) is 34.5 Å². The van der Waals surface area contributed by atoms with Crippen LogP contribution in [0.4, 0.5) is 0 Å². The number of hydrogen-bond donors (Lipinski definition) is 2. The van der Waals surface area contributed by atoms with Gasteiger partial charge in [0, 0.05) is 30.3 Å². The van der Waals surface area contributed by atoms with Crippen LogP contribution in [0, 0.1) is 0 Å². The van der Waals surface area contributed by atoms with Crippen LogP contribution in [0.15, 0.2) is 42.5 Å². The average molecular weight is 342 g/mol. The Bertz CT molecular complexity index is 746. The summed E-state index contributed by atoms with van der Waals surface area (Å²) in [5.41, 5.74) is 4.20. The van der Waals surface area contributed by atoms with Crippen LogP contribution in [-0.4, -0.2) is 36.3 Å². The summed E-state index contributed by atoms with van der Waals surface area (Å²) in [6, 6.07) is 13.3. The molecule has 6 heteroatoms. The van der Waals surface area contributed by atoms with Crippen LogP contribution in [-0.2, 0) is 6.54 Å². The first-order valence-electron chi connectivity index (χ1n) is 8.20. The Kier molecular flexibility index (Phi) is 5.21. The van der Waals surface area contributed by atoms with Gasteiger partial charge in [0.15, 0.2) is 0 Å². The number of nitrogens with zero attached hydrogens (tertiary/aromatic N) is 1. The Morgan fingerprint density at radius 1 is 1.32 bits per heavy atom. The zero-order valence-electron chi connectivity index (χ0n) is 14.4. The maximum atomic E-state index is 11.7. The molecule has 2 aromatic carbocycles. The maximum absolute atomic E-state index is 11.7. The molecule has 0 bridgehead atoms. The lowest BCUT2D eigenvalue weighted by molar-refractivity contribution is 0.0706. The zero-order chi connectivity index (χ0) is 17.8. The molecule has 0 aliphatic carbocycles. The summed E-state index contributed by atoms with van der Waals surface area (Å²) in [5, 5.41) is 8.85. The summed E-state index contributed by atoms with van der Waals surface area (Å²) in [7, 11) is 1.65. The molecule has 0 fully saturated rings. The van der Waals surface area contributed by atoms with Gasteiger partial charge in [-0.1, -0.05) is 12.1 Å². The molecule has 3 rings (SSSR count). The molecular weight excluding hydrogens is 320 g/mol. The van der Waals surface area contributed by atoms with Crippen molar-refractivity contribution >= 4 is 5.91 Å². The standard InChI is InChI=1S/C19H22N2O4/c1-13-17-11-15(19(22)20-23)5-8-18(17)25-10-9-21(13)12-14-3-6-16(24-2)7-4-14/h3-8,11,13,23H,9-10,12H2,1-2H3,(H,20,22)/t13-/m0/s1. The lowest BCUT2D eigenvalue weighted by Crippen LogP contribution is -2.28. The highest BCUT2D eigenvalue weighted by molar-refractivity contribution is 5.93. The predicted molar refractivity (Wildman–Crippen MR) is 93.0 cm³/mol. The van der Waals surface area contributed by atoms with Crippen LogP contribution in [0.3, 0.4) is 0 Å². The summed E-state index contributed by atoms with van der Waals surface area (Å²) >= 11 is 0. The van der Waals surface area contributed by atoms with E-state index in [0.29, 0.717) is 12.2 Å². The first kappa shape index (κ1) is 17.3. The summed E-state index contributed by atoms with van der Waals surface area (Å²) < 4.78 is 11.0. The zero-order valence-corrected chi connectivity index (χ0v) is 14.4. The van der Waals surface area contributed by atoms with Crippen molar-refractivity contribution in [2.24, 2.45) is 0 Å². The summed E-state index contributed by atoms with van der Waals surface area (Å²) in [6.45, 7) is 4.23. The Morgan fingerprint density at radius 3 is 2.76 bits per heavy atom. The molecule has 1 atom stereocenters. The molecular formula is C19H22N2O4. The third-order valence-electron chi connectivity index (χ3n) is 4.55. The van der Waals surface area contributed by atoms with Gasteiger partial charge in [-0.2, -0.15) is 0 Å². The number of benzene rings is 2. The monoisotopic (exact) mass is 342 g/mol. The number of carbonyl (C=O) groups is 1. The van der Waals surface area contributed by atoms with Crippen molar-refractivity contribution in [3.05, 3.63) is 59.2 Å². The number of nitrogens with one attached hydrogen (secondary N) is 1. The number of fused-ring (bicyclic) bond motifs is 1. The SMILES string of the molecule is COc1ccc(CN2CCOc3ccc(C(=O)NO)cc3[C@@H]2C)cc1. The smallest absolute Gasteiger partial charge is 0.274 e. The van der Waals surface area contributed by atoms with Crippen LogP contribution in [0.5, 0.6) is 11.5 Å². The molecule has 1 aliphatic rings. The summed E-state index contributed by atoms with van der Waals surface area (Å²) in [4.78, 5) is 14.0. The van der Waals surface area contributed by atoms with E-state index in [0.717, 1.165) is 30.2 Å². The molecule has 0 radical (unpaired) electrons. The van der Waals surface area contributed by atoms with Gasteiger partial charge in [-0.15, -0.1) is 0 Å². The van der Waals surface area contributed by atoms with Crippen molar-refractivity contribution in [1.29, 1.82) is 0 Å². The van der Waals surface area contributed by atoms with Crippen LogP contribution < -0.4 is 15.0 Å². The van der Waals surface area contributed by atoms with Crippen LogP contribution >= 0.6 is 0 Å². The molecule has 25 heavy (non-hydrogen) atoms. The number of hydrogen-bond acceptors (Lipinski definition) is 5. The van der Waals surface area contributed by atoms with E-state index in [1.807, 2.05) is 24.3 Å². The summed E-state index contributed by atoms with van der Waals surface area (Å²) in [6.07, 6.45) is 0. The molecule has 6 nitrogen and oxygen atoms in total. The Balaban J connectivity index is 1.84. The molecule has 0 unspecified atom stereocenters. The highest BCUT2D eigenvalue weighted by atomic mass is 16.5. The Morgan fingerprint density at radius 2 is 2.08 bits per heavy atom. The van der Waals surface area contributed by atoms with Gasteiger partial charge in [-0.3, -0.25) is 14.9 Å². The fourth-order valence-electron chi connectivity index (χ4n) is 3.06. The van der Waals surface area contributed by atoms with Crippen molar-refractivity contribution in [3.8, 4) is 11.5 Å². The van der Waals surface area contributed by atoms with Gasteiger partial charge in [0.1, 0.15) is 18.1 Å². The third kappa shape index (κ3) is 3.75. The third-order valence-corrected chi connectivity index (χ3v) is 4.55. The van der Waals surface area contributed by atoms with Crippen molar-refractivity contribution in [2.75, 3.05) is 20.3 Å². The van der Waals surface area contributed by atoms with E-state index in [1.165, 1.54) is 5.56 Å². The number of hydroxylamine groups is 1. The van der Waals surface area contributed by atoms with Gasteiger partial charge in [-0.05, 0) is 42.8 Å². The molecule has 0 saturated carbocycles. The van der Waals surface area contributed by atoms with Crippen molar-refractivity contribution < 1.29 is 19.5 Å². The fraction of sp³-hybridized carbons (Fsp3) is 0.316. The van der Waals surface area contributed by atoms with E-state index in [2.05, 4.69) is 11.8 Å². The van der Waals surface area contributed by atoms with E-state index in [-0.39, 0.29) is 6.04 Å². The van der Waals surface area contributed by atoms with E-state index in [9.17, 15) is 4.79 Å². The van der Waals surface area contributed by atoms with E-state index in [1.54, 1.807) is 30.8 Å². The maximum Gasteiger partial charge on any atom is 0.274 e. The van der Waals surface area contributed by atoms with Crippen LogP contribution in [0.2, 0.25) is 0 Å².